The highest BCUT2D eigenvalue weighted by Gasteiger charge is 2.42. The molecule has 1 heterocycles. The molecule has 0 unspecified atom stereocenters. The molecule has 11 heteroatoms. The van der Waals surface area contributed by atoms with Gasteiger partial charge in [-0.25, -0.2) is 16.8 Å². The molecule has 0 spiro atoms. The normalized spacial score (nSPS) is 20.4. The molecule has 0 amide bonds. The summed E-state index contributed by atoms with van der Waals surface area (Å²) in [6.07, 6.45) is -1.13. The zero-order valence-electron chi connectivity index (χ0n) is 16.2. The topological polar surface area (TPSA) is 90.4 Å². The van der Waals surface area contributed by atoms with E-state index in [-0.39, 0.29) is 35.0 Å². The van der Waals surface area contributed by atoms with Crippen LogP contribution in [0.3, 0.4) is 0 Å². The van der Waals surface area contributed by atoms with Crippen molar-refractivity contribution in [2.45, 2.75) is 46.6 Å². The first-order chi connectivity index (χ1) is 13.8. The lowest BCUT2D eigenvalue weighted by atomic mass is 10.0. The monoisotopic (exact) mass is 463 g/mol. The van der Waals surface area contributed by atoms with Crippen LogP contribution in [0.2, 0.25) is 0 Å². The second-order valence-electron chi connectivity index (χ2n) is 7.23. The molecule has 0 saturated heterocycles. The van der Waals surface area contributed by atoms with E-state index in [0.717, 1.165) is 24.6 Å². The molecule has 0 aliphatic heterocycles. The summed E-state index contributed by atoms with van der Waals surface area (Å²) in [5.41, 5.74) is -1.14. The van der Waals surface area contributed by atoms with Crippen LogP contribution in [-0.2, 0) is 30.6 Å². The van der Waals surface area contributed by atoms with Gasteiger partial charge in [0.25, 0.3) is 0 Å². The average molecular weight is 463 g/mol. The van der Waals surface area contributed by atoms with Crippen LogP contribution in [0.1, 0.15) is 24.8 Å². The quantitative estimate of drug-likeness (QED) is 0.674. The third-order valence-electron chi connectivity index (χ3n) is 5.17. The highest BCUT2D eigenvalue weighted by atomic mass is 32.2. The molecule has 1 fully saturated rings. The maximum Gasteiger partial charge on any atom is 0.417 e. The molecule has 1 aromatic heterocycles. The van der Waals surface area contributed by atoms with Gasteiger partial charge in [-0.2, -0.15) is 13.2 Å². The zero-order valence-corrected chi connectivity index (χ0v) is 17.8. The van der Waals surface area contributed by atoms with E-state index in [2.05, 4.69) is 4.98 Å². The predicted octanol–water partition coefficient (Wildman–Crippen LogP) is 3.51. The van der Waals surface area contributed by atoms with Crippen molar-refractivity contribution in [3.05, 3.63) is 42.2 Å². The summed E-state index contributed by atoms with van der Waals surface area (Å²) < 4.78 is 95.8. The maximum absolute atomic E-state index is 13.8. The molecular weight excluding hydrogens is 443 g/mol. The predicted molar refractivity (Wildman–Crippen MR) is 103 cm³/mol. The number of ether oxygens (including phenoxy) is 1. The molecule has 1 aromatic carbocycles. The van der Waals surface area contributed by atoms with Gasteiger partial charge in [-0.3, -0.25) is 4.98 Å². The first kappa shape index (κ1) is 22.7. The Balaban J connectivity index is 2.10. The van der Waals surface area contributed by atoms with E-state index >= 15 is 0 Å². The van der Waals surface area contributed by atoms with Gasteiger partial charge >= 0.3 is 6.18 Å². The number of hydrogen-bond acceptors (Lipinski definition) is 6. The van der Waals surface area contributed by atoms with Gasteiger partial charge in [0.2, 0.25) is 0 Å². The molecule has 30 heavy (non-hydrogen) atoms. The minimum atomic E-state index is -4.92. The molecule has 2 aromatic rings. The zero-order chi connectivity index (χ0) is 22.3. The van der Waals surface area contributed by atoms with Gasteiger partial charge in [-0.05, 0) is 43.0 Å². The van der Waals surface area contributed by atoms with Crippen molar-refractivity contribution in [3.8, 4) is 11.1 Å². The number of methoxy groups -OCH3 is 1. The Bertz CT molecular complexity index is 1160. The summed E-state index contributed by atoms with van der Waals surface area (Å²) in [7, 11) is -6.41. The highest BCUT2D eigenvalue weighted by molar-refractivity contribution is 7.92. The SMILES string of the molecule is CO[C@H]1CC[C@H](S(=O)(=O)c2ccc(-c3cncc(S(C)(=O)=O)c3)cc2C(F)(F)F)C1. The molecule has 6 nitrogen and oxygen atoms in total. The van der Waals surface area contributed by atoms with Crippen LogP contribution in [0.25, 0.3) is 11.1 Å². The smallest absolute Gasteiger partial charge is 0.381 e. The lowest BCUT2D eigenvalue weighted by Gasteiger charge is -2.18. The Kier molecular flexibility index (Phi) is 6.00. The van der Waals surface area contributed by atoms with Crippen LogP contribution < -0.4 is 0 Å². The highest BCUT2D eigenvalue weighted by Crippen LogP contribution is 2.40. The number of nitrogens with zero attached hydrogens (tertiary/aromatic N) is 1. The minimum absolute atomic E-state index is 0.0143. The van der Waals surface area contributed by atoms with Crippen LogP contribution in [0.5, 0.6) is 0 Å². The van der Waals surface area contributed by atoms with Crippen molar-refractivity contribution in [1.82, 2.24) is 4.98 Å². The lowest BCUT2D eigenvalue weighted by Crippen LogP contribution is -2.23. The summed E-state index contributed by atoms with van der Waals surface area (Å²) in [5, 5.41) is -0.954. The van der Waals surface area contributed by atoms with E-state index in [0.29, 0.717) is 6.42 Å². The Morgan fingerprint density at radius 3 is 2.30 bits per heavy atom. The summed E-state index contributed by atoms with van der Waals surface area (Å²) >= 11 is 0. The third-order valence-corrected chi connectivity index (χ3v) is 8.53. The van der Waals surface area contributed by atoms with Crippen molar-refractivity contribution < 1.29 is 34.7 Å². The van der Waals surface area contributed by atoms with Crippen molar-refractivity contribution in [3.63, 3.8) is 0 Å². The first-order valence-electron chi connectivity index (χ1n) is 8.97. The second-order valence-corrected chi connectivity index (χ2v) is 11.4. The molecule has 0 bridgehead atoms. The number of rotatable bonds is 5. The van der Waals surface area contributed by atoms with Crippen molar-refractivity contribution in [2.75, 3.05) is 13.4 Å². The van der Waals surface area contributed by atoms with E-state index in [1.807, 2.05) is 0 Å². The molecular formula is C19H20F3NO5S2. The largest absolute Gasteiger partial charge is 0.417 e. The molecule has 0 N–H and O–H groups in total. The number of halogens is 3. The second kappa shape index (κ2) is 7.93. The van der Waals surface area contributed by atoms with Gasteiger partial charge < -0.3 is 4.74 Å². The first-order valence-corrected chi connectivity index (χ1v) is 12.4. The lowest BCUT2D eigenvalue weighted by molar-refractivity contribution is -0.139. The minimum Gasteiger partial charge on any atom is -0.381 e. The van der Waals surface area contributed by atoms with E-state index < -0.39 is 41.6 Å². The standard InChI is InChI=1S/C19H20F3NO5S2/c1-28-14-4-5-15(9-14)30(26,27)18-6-3-12(8-17(18)19(20,21)22)13-7-16(11-23-10-13)29(2,24)25/h3,6-8,10-11,14-15H,4-5,9H2,1-2H3/t14-,15-/m0/s1. The average Bonchev–Trinajstić information content (AvgIpc) is 3.16. The summed E-state index contributed by atoms with van der Waals surface area (Å²) in [4.78, 5) is 2.84. The van der Waals surface area contributed by atoms with E-state index in [4.69, 9.17) is 4.74 Å². The Morgan fingerprint density at radius 2 is 1.73 bits per heavy atom. The molecule has 2 atom stereocenters. The summed E-state index contributed by atoms with van der Waals surface area (Å²) in [6, 6.07) is 4.08. The fourth-order valence-electron chi connectivity index (χ4n) is 3.53. The van der Waals surface area contributed by atoms with E-state index in [9.17, 15) is 30.0 Å². The van der Waals surface area contributed by atoms with Gasteiger partial charge in [-0.1, -0.05) is 6.07 Å². The number of alkyl halides is 3. The van der Waals surface area contributed by atoms with Gasteiger partial charge in [0.1, 0.15) is 0 Å². The Morgan fingerprint density at radius 1 is 1.03 bits per heavy atom. The van der Waals surface area contributed by atoms with Crippen molar-refractivity contribution in [1.29, 1.82) is 0 Å². The molecule has 164 valence electrons. The summed E-state index contributed by atoms with van der Waals surface area (Å²) in [6.45, 7) is 0. The number of hydrogen-bond donors (Lipinski definition) is 0. The van der Waals surface area contributed by atoms with Gasteiger partial charge in [-0.15, -0.1) is 0 Å². The van der Waals surface area contributed by atoms with Gasteiger partial charge in [0, 0.05) is 31.3 Å². The van der Waals surface area contributed by atoms with Crippen molar-refractivity contribution >= 4 is 19.7 Å². The maximum atomic E-state index is 13.8. The number of pyridine rings is 1. The molecule has 1 aliphatic carbocycles. The van der Waals surface area contributed by atoms with Gasteiger partial charge in [0.05, 0.1) is 26.7 Å². The van der Waals surface area contributed by atoms with Crippen LogP contribution in [-0.4, -0.2) is 46.5 Å². The molecule has 3 rings (SSSR count). The molecule has 1 saturated carbocycles. The number of sulfone groups is 2. The van der Waals surface area contributed by atoms with Crippen LogP contribution in [0.4, 0.5) is 13.2 Å². The van der Waals surface area contributed by atoms with E-state index in [1.165, 1.54) is 25.4 Å². The fraction of sp³-hybridized carbons (Fsp3) is 0.421. The van der Waals surface area contributed by atoms with Crippen LogP contribution >= 0.6 is 0 Å². The third kappa shape index (κ3) is 4.52. The van der Waals surface area contributed by atoms with Crippen molar-refractivity contribution in [2.24, 2.45) is 0 Å². The number of aromatic nitrogens is 1. The van der Waals surface area contributed by atoms with Crippen LogP contribution in [0, 0.1) is 0 Å². The molecule has 1 aliphatic rings. The Hall–Kier alpha value is -1.98. The van der Waals surface area contributed by atoms with E-state index in [1.54, 1.807) is 0 Å². The van der Waals surface area contributed by atoms with Gasteiger partial charge in [0.15, 0.2) is 19.7 Å². The summed E-state index contributed by atoms with van der Waals surface area (Å²) in [5.74, 6) is 0. The fourth-order valence-corrected chi connectivity index (χ4v) is 6.14. The molecule has 0 radical (unpaired) electrons. The number of benzene rings is 1. The Labute approximate surface area is 172 Å². The van der Waals surface area contributed by atoms with Crippen LogP contribution in [0.15, 0.2) is 46.5 Å².